The standard InChI is InChI=1S/C13H21ClO2/c1-8-11-4-9(12(8,2)3)5-13(11)15-7-10(6-14)16-13/h8-11H,4-7H2,1-3H3/t8-,9+,10-,11-,13-/m0/s1. The Morgan fingerprint density at radius 3 is 2.62 bits per heavy atom. The van der Waals surface area contributed by atoms with Crippen LogP contribution in [0.1, 0.15) is 33.6 Å². The number of halogens is 1. The maximum Gasteiger partial charge on any atom is 0.172 e. The van der Waals surface area contributed by atoms with E-state index in [0.717, 1.165) is 12.3 Å². The van der Waals surface area contributed by atoms with Gasteiger partial charge in [-0.3, -0.25) is 0 Å². The van der Waals surface area contributed by atoms with Gasteiger partial charge in [0.05, 0.1) is 18.6 Å². The molecule has 2 aliphatic carbocycles. The van der Waals surface area contributed by atoms with E-state index in [0.29, 0.717) is 29.7 Å². The van der Waals surface area contributed by atoms with E-state index in [-0.39, 0.29) is 11.9 Å². The molecule has 3 rings (SSSR count). The highest BCUT2D eigenvalue weighted by Crippen LogP contribution is 2.65. The molecule has 0 aromatic heterocycles. The molecule has 1 heterocycles. The number of hydrogen-bond acceptors (Lipinski definition) is 2. The summed E-state index contributed by atoms with van der Waals surface area (Å²) >= 11 is 5.86. The zero-order valence-corrected chi connectivity index (χ0v) is 11.1. The smallest absolute Gasteiger partial charge is 0.172 e. The lowest BCUT2D eigenvalue weighted by atomic mass is 9.67. The van der Waals surface area contributed by atoms with Crippen LogP contribution in [-0.4, -0.2) is 24.4 Å². The quantitative estimate of drug-likeness (QED) is 0.660. The first kappa shape index (κ1) is 11.3. The zero-order valence-electron chi connectivity index (χ0n) is 10.3. The molecule has 2 nitrogen and oxygen atoms in total. The van der Waals surface area contributed by atoms with Crippen molar-refractivity contribution >= 4 is 11.6 Å². The summed E-state index contributed by atoms with van der Waals surface area (Å²) in [5.74, 6) is 2.28. The SMILES string of the molecule is C[C@H]1[C@@H]2C[C@H](C[C@@]23OC[C@H](CCl)O3)C1(C)C. The van der Waals surface area contributed by atoms with E-state index in [2.05, 4.69) is 20.8 Å². The zero-order chi connectivity index (χ0) is 11.6. The van der Waals surface area contributed by atoms with Crippen LogP contribution in [0.3, 0.4) is 0 Å². The van der Waals surface area contributed by atoms with E-state index in [9.17, 15) is 0 Å². The molecule has 2 saturated carbocycles. The first-order valence-electron chi connectivity index (χ1n) is 6.37. The summed E-state index contributed by atoms with van der Waals surface area (Å²) in [5.41, 5.74) is 0.446. The second-order valence-electron chi connectivity index (χ2n) is 6.37. The van der Waals surface area contributed by atoms with Crippen molar-refractivity contribution < 1.29 is 9.47 Å². The number of hydrogen-bond donors (Lipinski definition) is 0. The fourth-order valence-corrected chi connectivity index (χ4v) is 4.22. The Kier molecular flexibility index (Phi) is 2.38. The average molecular weight is 245 g/mol. The van der Waals surface area contributed by atoms with Gasteiger partial charge in [0, 0.05) is 12.3 Å². The van der Waals surface area contributed by atoms with Gasteiger partial charge in [0.2, 0.25) is 0 Å². The molecule has 0 aromatic rings. The lowest BCUT2D eigenvalue weighted by molar-refractivity contribution is -0.221. The lowest BCUT2D eigenvalue weighted by Crippen LogP contribution is -2.46. The Morgan fingerprint density at radius 1 is 1.38 bits per heavy atom. The van der Waals surface area contributed by atoms with E-state index < -0.39 is 0 Å². The van der Waals surface area contributed by atoms with Crippen LogP contribution >= 0.6 is 11.6 Å². The third-order valence-electron chi connectivity index (χ3n) is 5.52. The van der Waals surface area contributed by atoms with Gasteiger partial charge in [0.15, 0.2) is 5.79 Å². The van der Waals surface area contributed by atoms with E-state index in [1.54, 1.807) is 0 Å². The van der Waals surface area contributed by atoms with E-state index in [1.165, 1.54) is 6.42 Å². The second-order valence-corrected chi connectivity index (χ2v) is 6.68. The normalized spacial score (nSPS) is 54.0. The van der Waals surface area contributed by atoms with Gasteiger partial charge in [0.1, 0.15) is 0 Å². The van der Waals surface area contributed by atoms with Crippen molar-refractivity contribution in [3.8, 4) is 0 Å². The molecule has 3 aliphatic rings. The summed E-state index contributed by atoms with van der Waals surface area (Å²) in [6.45, 7) is 7.82. The molecule has 3 heteroatoms. The maximum atomic E-state index is 6.10. The molecular weight excluding hydrogens is 224 g/mol. The van der Waals surface area contributed by atoms with Crippen LogP contribution in [0.4, 0.5) is 0 Å². The minimum absolute atomic E-state index is 0.108. The Morgan fingerprint density at radius 2 is 2.12 bits per heavy atom. The third kappa shape index (κ3) is 1.27. The monoisotopic (exact) mass is 244 g/mol. The van der Waals surface area contributed by atoms with E-state index >= 15 is 0 Å². The van der Waals surface area contributed by atoms with Crippen molar-refractivity contribution in [1.82, 2.24) is 0 Å². The van der Waals surface area contributed by atoms with Crippen LogP contribution < -0.4 is 0 Å². The predicted octanol–water partition coefficient (Wildman–Crippen LogP) is 3.04. The average Bonchev–Trinajstić information content (AvgIpc) is 2.87. The van der Waals surface area contributed by atoms with E-state index in [4.69, 9.17) is 21.1 Å². The molecule has 1 spiro atoms. The highest BCUT2D eigenvalue weighted by Gasteiger charge is 2.65. The summed E-state index contributed by atoms with van der Waals surface area (Å²) in [6.07, 6.45) is 2.45. The molecule has 0 unspecified atom stereocenters. The second kappa shape index (κ2) is 3.37. The van der Waals surface area contributed by atoms with Gasteiger partial charge in [0.25, 0.3) is 0 Å². The fourth-order valence-electron chi connectivity index (χ4n) is 4.07. The summed E-state index contributed by atoms with van der Waals surface area (Å²) in [5, 5.41) is 0. The first-order valence-corrected chi connectivity index (χ1v) is 6.91. The largest absolute Gasteiger partial charge is 0.347 e. The molecular formula is C13H21ClO2. The van der Waals surface area contributed by atoms with Crippen LogP contribution in [0, 0.1) is 23.2 Å². The van der Waals surface area contributed by atoms with Gasteiger partial charge in [-0.15, -0.1) is 11.6 Å². The number of ether oxygens (including phenoxy) is 2. The molecule has 3 fully saturated rings. The lowest BCUT2D eigenvalue weighted by Gasteiger charge is -2.44. The van der Waals surface area contributed by atoms with Crippen molar-refractivity contribution in [2.75, 3.05) is 12.5 Å². The molecule has 0 amide bonds. The Hall–Kier alpha value is 0.210. The minimum atomic E-state index is -0.279. The highest BCUT2D eigenvalue weighted by atomic mass is 35.5. The van der Waals surface area contributed by atoms with Crippen LogP contribution in [0.5, 0.6) is 0 Å². The molecule has 0 N–H and O–H groups in total. The van der Waals surface area contributed by atoms with Crippen LogP contribution in [0.25, 0.3) is 0 Å². The number of rotatable bonds is 1. The summed E-state index contributed by atoms with van der Waals surface area (Å²) < 4.78 is 12.1. The van der Waals surface area contributed by atoms with Crippen LogP contribution in [0.2, 0.25) is 0 Å². The molecule has 2 bridgehead atoms. The highest BCUT2D eigenvalue weighted by molar-refractivity contribution is 6.18. The van der Waals surface area contributed by atoms with Gasteiger partial charge >= 0.3 is 0 Å². The summed E-state index contributed by atoms with van der Waals surface area (Å²) in [7, 11) is 0. The fraction of sp³-hybridized carbons (Fsp3) is 1.00. The van der Waals surface area contributed by atoms with Gasteiger partial charge in [-0.2, -0.15) is 0 Å². The molecule has 5 atom stereocenters. The maximum absolute atomic E-state index is 6.10. The van der Waals surface area contributed by atoms with Gasteiger partial charge in [-0.1, -0.05) is 20.8 Å². The number of fused-ring (bicyclic) bond motifs is 3. The Labute approximate surface area is 103 Å². The van der Waals surface area contributed by atoms with Gasteiger partial charge in [-0.05, 0) is 23.7 Å². The molecule has 0 radical (unpaired) electrons. The van der Waals surface area contributed by atoms with Crippen molar-refractivity contribution in [2.45, 2.75) is 45.5 Å². The molecule has 1 saturated heterocycles. The van der Waals surface area contributed by atoms with Crippen LogP contribution in [-0.2, 0) is 9.47 Å². The van der Waals surface area contributed by atoms with Crippen molar-refractivity contribution in [3.05, 3.63) is 0 Å². The van der Waals surface area contributed by atoms with Crippen molar-refractivity contribution in [1.29, 1.82) is 0 Å². The summed E-state index contributed by atoms with van der Waals surface area (Å²) in [4.78, 5) is 0. The molecule has 16 heavy (non-hydrogen) atoms. The molecule has 0 aromatic carbocycles. The molecule has 1 aliphatic heterocycles. The Bertz CT molecular complexity index is 300. The van der Waals surface area contributed by atoms with Crippen molar-refractivity contribution in [3.63, 3.8) is 0 Å². The topological polar surface area (TPSA) is 18.5 Å². The summed E-state index contributed by atoms with van der Waals surface area (Å²) in [6, 6.07) is 0. The predicted molar refractivity (Wildman–Crippen MR) is 63.4 cm³/mol. The minimum Gasteiger partial charge on any atom is -0.347 e. The van der Waals surface area contributed by atoms with Crippen molar-refractivity contribution in [2.24, 2.45) is 23.2 Å². The Balaban J connectivity index is 1.83. The van der Waals surface area contributed by atoms with Gasteiger partial charge in [-0.25, -0.2) is 0 Å². The van der Waals surface area contributed by atoms with E-state index in [1.807, 2.05) is 0 Å². The van der Waals surface area contributed by atoms with Gasteiger partial charge < -0.3 is 9.47 Å². The third-order valence-corrected chi connectivity index (χ3v) is 5.86. The molecule has 92 valence electrons. The first-order chi connectivity index (χ1) is 7.49. The van der Waals surface area contributed by atoms with Crippen LogP contribution in [0.15, 0.2) is 0 Å². The number of alkyl halides is 1.